The van der Waals surface area contributed by atoms with Crippen LogP contribution in [0.15, 0.2) is 24.3 Å². The number of aromatic nitrogens is 2. The molecule has 0 saturated carbocycles. The van der Waals surface area contributed by atoms with Crippen LogP contribution in [0.3, 0.4) is 0 Å². The van der Waals surface area contributed by atoms with Crippen molar-refractivity contribution in [3.05, 3.63) is 29.3 Å². The van der Waals surface area contributed by atoms with E-state index in [0.29, 0.717) is 16.6 Å². The predicted octanol–water partition coefficient (Wildman–Crippen LogP) is 3.20. The van der Waals surface area contributed by atoms with E-state index in [-0.39, 0.29) is 30.1 Å². The van der Waals surface area contributed by atoms with Crippen LogP contribution in [0, 0.1) is 0 Å². The quantitative estimate of drug-likeness (QED) is 0.823. The lowest BCUT2D eigenvalue weighted by Gasteiger charge is -2.12. The van der Waals surface area contributed by atoms with Crippen LogP contribution in [0.1, 0.15) is 38.6 Å². The van der Waals surface area contributed by atoms with Gasteiger partial charge < -0.3 is 15.4 Å². The van der Waals surface area contributed by atoms with E-state index in [9.17, 15) is 9.59 Å². The molecule has 1 aromatic heterocycles. The first-order valence-electron chi connectivity index (χ1n) is 7.86. The van der Waals surface area contributed by atoms with Gasteiger partial charge in [0.05, 0.1) is 12.8 Å². The topological polar surface area (TPSA) is 93.2 Å². The van der Waals surface area contributed by atoms with Crippen LogP contribution in [0.5, 0.6) is 5.75 Å². The zero-order valence-corrected chi connectivity index (χ0v) is 15.6. The molecule has 0 saturated heterocycles. The highest BCUT2D eigenvalue weighted by molar-refractivity contribution is 7.15. The standard InChI is InChI=1S/C17H22N4O3S/c1-17(2,3)15-20-21-16(25-15)19-14(23)10-9-13(22)18-11-7-5-6-8-12(11)24-4/h5-8H,9-10H2,1-4H3,(H,18,22)(H,19,21,23). The molecule has 0 spiro atoms. The summed E-state index contributed by atoms with van der Waals surface area (Å²) in [7, 11) is 1.53. The molecule has 0 aliphatic carbocycles. The molecule has 0 unspecified atom stereocenters. The highest BCUT2D eigenvalue weighted by Gasteiger charge is 2.20. The van der Waals surface area contributed by atoms with Gasteiger partial charge in [0, 0.05) is 18.3 Å². The van der Waals surface area contributed by atoms with Crippen molar-refractivity contribution in [2.24, 2.45) is 0 Å². The van der Waals surface area contributed by atoms with Crippen LogP contribution >= 0.6 is 11.3 Å². The number of anilines is 2. The second-order valence-corrected chi connectivity index (χ2v) is 7.44. The molecule has 2 amide bonds. The van der Waals surface area contributed by atoms with Crippen LogP contribution in [0.2, 0.25) is 0 Å². The monoisotopic (exact) mass is 362 g/mol. The van der Waals surface area contributed by atoms with Gasteiger partial charge in [0.25, 0.3) is 0 Å². The van der Waals surface area contributed by atoms with Gasteiger partial charge in [-0.25, -0.2) is 0 Å². The molecule has 0 aliphatic rings. The van der Waals surface area contributed by atoms with Crippen molar-refractivity contribution < 1.29 is 14.3 Å². The average Bonchev–Trinajstić information content (AvgIpc) is 3.02. The summed E-state index contributed by atoms with van der Waals surface area (Å²) >= 11 is 1.34. The minimum absolute atomic E-state index is 0.0609. The van der Waals surface area contributed by atoms with Gasteiger partial charge in [0.15, 0.2) is 0 Å². The van der Waals surface area contributed by atoms with Crippen molar-refractivity contribution in [1.82, 2.24) is 10.2 Å². The van der Waals surface area contributed by atoms with E-state index in [1.165, 1.54) is 18.4 Å². The molecular weight excluding hydrogens is 340 g/mol. The lowest BCUT2D eigenvalue weighted by Crippen LogP contribution is -2.17. The van der Waals surface area contributed by atoms with Crippen molar-refractivity contribution in [2.75, 3.05) is 17.7 Å². The number of hydrogen-bond donors (Lipinski definition) is 2. The number of para-hydroxylation sites is 2. The maximum absolute atomic E-state index is 12.0. The van der Waals surface area contributed by atoms with Crippen LogP contribution in [0.25, 0.3) is 0 Å². The summed E-state index contributed by atoms with van der Waals surface area (Å²) in [5.74, 6) is 0.0444. The summed E-state index contributed by atoms with van der Waals surface area (Å²) in [4.78, 5) is 24.0. The third-order valence-electron chi connectivity index (χ3n) is 3.27. The highest BCUT2D eigenvalue weighted by atomic mass is 32.1. The largest absolute Gasteiger partial charge is 0.495 e. The Morgan fingerprint density at radius 1 is 1.08 bits per heavy atom. The predicted molar refractivity (Wildman–Crippen MR) is 98.1 cm³/mol. The van der Waals surface area contributed by atoms with E-state index in [4.69, 9.17) is 4.74 Å². The normalized spacial score (nSPS) is 11.0. The van der Waals surface area contributed by atoms with Crippen molar-refractivity contribution >= 4 is 34.0 Å². The Morgan fingerprint density at radius 3 is 2.32 bits per heavy atom. The molecule has 8 heteroatoms. The Bertz CT molecular complexity index is 752. The Hall–Kier alpha value is -2.48. The molecule has 2 rings (SSSR count). The first-order chi connectivity index (χ1) is 11.8. The molecule has 0 radical (unpaired) electrons. The maximum atomic E-state index is 12.0. The second-order valence-electron chi connectivity index (χ2n) is 6.46. The van der Waals surface area contributed by atoms with Crippen LogP contribution in [0.4, 0.5) is 10.8 Å². The fraction of sp³-hybridized carbons (Fsp3) is 0.412. The van der Waals surface area contributed by atoms with Crippen molar-refractivity contribution in [3.8, 4) is 5.75 Å². The fourth-order valence-corrected chi connectivity index (χ4v) is 2.76. The zero-order chi connectivity index (χ0) is 18.4. The molecule has 25 heavy (non-hydrogen) atoms. The van der Waals surface area contributed by atoms with Gasteiger partial charge in [-0.1, -0.05) is 44.2 Å². The zero-order valence-electron chi connectivity index (χ0n) is 14.8. The summed E-state index contributed by atoms with van der Waals surface area (Å²) in [6, 6.07) is 7.11. The number of carbonyl (C=O) groups excluding carboxylic acids is 2. The molecule has 134 valence electrons. The number of nitrogens with zero attached hydrogens (tertiary/aromatic N) is 2. The molecule has 0 bridgehead atoms. The molecule has 2 N–H and O–H groups in total. The summed E-state index contributed by atoms with van der Waals surface area (Å²) in [5.41, 5.74) is 0.462. The smallest absolute Gasteiger partial charge is 0.226 e. The van der Waals surface area contributed by atoms with Crippen LogP contribution < -0.4 is 15.4 Å². The molecule has 0 atom stereocenters. The summed E-state index contributed by atoms with van der Waals surface area (Å²) in [6.07, 6.45) is 0.125. The van der Waals surface area contributed by atoms with Gasteiger partial charge in [-0.2, -0.15) is 0 Å². The van der Waals surface area contributed by atoms with Gasteiger partial charge in [-0.15, -0.1) is 10.2 Å². The molecular formula is C17H22N4O3S. The van der Waals surface area contributed by atoms with Crippen molar-refractivity contribution in [3.63, 3.8) is 0 Å². The Kier molecular flexibility index (Phi) is 6.08. The molecule has 2 aromatic rings. The third-order valence-corrected chi connectivity index (χ3v) is 4.54. The summed E-state index contributed by atoms with van der Waals surface area (Å²) in [5, 5.41) is 14.7. The van der Waals surface area contributed by atoms with E-state index >= 15 is 0 Å². The summed E-state index contributed by atoms with van der Waals surface area (Å²) < 4.78 is 5.17. The molecule has 0 fully saturated rings. The third kappa shape index (κ3) is 5.53. The second kappa shape index (κ2) is 8.06. The summed E-state index contributed by atoms with van der Waals surface area (Å²) in [6.45, 7) is 6.09. The lowest BCUT2D eigenvalue weighted by atomic mass is 9.98. The lowest BCUT2D eigenvalue weighted by molar-refractivity contribution is -0.121. The van der Waals surface area contributed by atoms with Crippen LogP contribution in [-0.2, 0) is 15.0 Å². The number of benzene rings is 1. The minimum Gasteiger partial charge on any atom is -0.495 e. The fourth-order valence-electron chi connectivity index (χ4n) is 1.95. The first kappa shape index (κ1) is 18.9. The number of rotatable bonds is 6. The number of nitrogens with one attached hydrogen (secondary N) is 2. The number of amides is 2. The Morgan fingerprint density at radius 2 is 1.72 bits per heavy atom. The SMILES string of the molecule is COc1ccccc1NC(=O)CCC(=O)Nc1nnc(C(C)(C)C)s1. The average molecular weight is 362 g/mol. The maximum Gasteiger partial charge on any atom is 0.226 e. The van der Waals surface area contributed by atoms with E-state index in [0.717, 1.165) is 5.01 Å². The molecule has 7 nitrogen and oxygen atoms in total. The van der Waals surface area contributed by atoms with Gasteiger partial charge in [-0.3, -0.25) is 9.59 Å². The minimum atomic E-state index is -0.271. The number of carbonyl (C=O) groups is 2. The molecule has 1 aromatic carbocycles. The molecule has 0 aliphatic heterocycles. The van der Waals surface area contributed by atoms with E-state index in [1.54, 1.807) is 18.2 Å². The first-order valence-corrected chi connectivity index (χ1v) is 8.68. The van der Waals surface area contributed by atoms with Crippen molar-refractivity contribution in [2.45, 2.75) is 39.0 Å². The number of hydrogen-bond acceptors (Lipinski definition) is 6. The van der Waals surface area contributed by atoms with Gasteiger partial charge in [-0.05, 0) is 12.1 Å². The van der Waals surface area contributed by atoms with Gasteiger partial charge in [0.2, 0.25) is 16.9 Å². The van der Waals surface area contributed by atoms with E-state index in [2.05, 4.69) is 20.8 Å². The highest BCUT2D eigenvalue weighted by Crippen LogP contribution is 2.27. The van der Waals surface area contributed by atoms with E-state index < -0.39 is 0 Å². The number of methoxy groups -OCH3 is 1. The van der Waals surface area contributed by atoms with Crippen molar-refractivity contribution in [1.29, 1.82) is 0 Å². The number of ether oxygens (including phenoxy) is 1. The van der Waals surface area contributed by atoms with Gasteiger partial charge >= 0.3 is 0 Å². The Labute approximate surface area is 150 Å². The van der Waals surface area contributed by atoms with E-state index in [1.807, 2.05) is 26.8 Å². The van der Waals surface area contributed by atoms with Gasteiger partial charge in [0.1, 0.15) is 10.8 Å². The van der Waals surface area contributed by atoms with Crippen LogP contribution in [-0.4, -0.2) is 29.1 Å². The molecule has 1 heterocycles. The Balaban J connectivity index is 1.83.